The molecular weight excluding hydrogens is 250 g/mol. The highest BCUT2D eigenvalue weighted by Gasteiger charge is 2.37. The molecule has 1 heterocycles. The van der Waals surface area contributed by atoms with Crippen LogP contribution < -0.4 is 15.5 Å². The maximum Gasteiger partial charge on any atom is 0.245 e. The molecule has 0 radical (unpaired) electrons. The Hall–Kier alpha value is -1.55. The molecule has 0 bridgehead atoms. The Bertz CT molecular complexity index is 467. The van der Waals surface area contributed by atoms with Crippen LogP contribution >= 0.6 is 0 Å². The summed E-state index contributed by atoms with van der Waals surface area (Å²) >= 11 is 0. The van der Waals surface area contributed by atoms with Crippen molar-refractivity contribution in [2.45, 2.75) is 39.3 Å². The molecule has 1 fully saturated rings. The van der Waals surface area contributed by atoms with E-state index in [0.29, 0.717) is 12.6 Å². The van der Waals surface area contributed by atoms with E-state index in [1.54, 1.807) is 0 Å². The molecule has 20 heavy (non-hydrogen) atoms. The second-order valence-electron chi connectivity index (χ2n) is 5.84. The normalized spacial score (nSPS) is 19.6. The van der Waals surface area contributed by atoms with Gasteiger partial charge in [-0.05, 0) is 45.0 Å². The predicted octanol–water partition coefficient (Wildman–Crippen LogP) is 2.07. The summed E-state index contributed by atoms with van der Waals surface area (Å²) in [5.41, 5.74) is 1.89. The molecule has 1 saturated heterocycles. The van der Waals surface area contributed by atoms with Crippen LogP contribution in [-0.4, -0.2) is 31.1 Å². The third kappa shape index (κ3) is 2.80. The van der Waals surface area contributed by atoms with E-state index < -0.39 is 5.54 Å². The lowest BCUT2D eigenvalue weighted by atomic mass is 9.97. The summed E-state index contributed by atoms with van der Waals surface area (Å²) in [4.78, 5) is 14.2. The quantitative estimate of drug-likeness (QED) is 0.884. The van der Waals surface area contributed by atoms with Gasteiger partial charge in [-0.25, -0.2) is 0 Å². The summed E-state index contributed by atoms with van der Waals surface area (Å²) in [5, 5.41) is 6.33. The van der Waals surface area contributed by atoms with Gasteiger partial charge in [0.1, 0.15) is 5.54 Å². The van der Waals surface area contributed by atoms with Crippen molar-refractivity contribution in [3.05, 3.63) is 29.8 Å². The molecule has 0 aliphatic carbocycles. The van der Waals surface area contributed by atoms with Gasteiger partial charge in [0.05, 0.1) is 0 Å². The van der Waals surface area contributed by atoms with Gasteiger partial charge < -0.3 is 15.5 Å². The molecule has 0 saturated carbocycles. The standard InChI is InChI=1S/C16H25N3O/c1-5-17-12(2)13-6-8-14(9-7-13)19-11-10-18-15(20)16(19,3)4/h6-9,12,17H,5,10-11H2,1-4H3,(H,18,20). The zero-order chi connectivity index (χ0) is 14.8. The molecule has 0 spiro atoms. The third-order valence-electron chi connectivity index (χ3n) is 4.07. The molecule has 4 nitrogen and oxygen atoms in total. The monoisotopic (exact) mass is 275 g/mol. The van der Waals surface area contributed by atoms with Crippen LogP contribution in [0.25, 0.3) is 0 Å². The fraction of sp³-hybridized carbons (Fsp3) is 0.562. The van der Waals surface area contributed by atoms with Gasteiger partial charge in [-0.2, -0.15) is 0 Å². The molecule has 4 heteroatoms. The summed E-state index contributed by atoms with van der Waals surface area (Å²) in [7, 11) is 0. The van der Waals surface area contributed by atoms with Gasteiger partial charge in [-0.1, -0.05) is 19.1 Å². The summed E-state index contributed by atoms with van der Waals surface area (Å²) in [6.07, 6.45) is 0. The number of amides is 1. The fourth-order valence-corrected chi connectivity index (χ4v) is 2.72. The minimum Gasteiger partial charge on any atom is -0.356 e. The van der Waals surface area contributed by atoms with E-state index in [1.165, 1.54) is 5.56 Å². The summed E-state index contributed by atoms with van der Waals surface area (Å²) in [5.74, 6) is 0.0915. The lowest BCUT2D eigenvalue weighted by Crippen LogP contribution is -2.62. The van der Waals surface area contributed by atoms with E-state index in [9.17, 15) is 4.79 Å². The number of nitrogens with one attached hydrogen (secondary N) is 2. The van der Waals surface area contributed by atoms with Crippen molar-refractivity contribution in [1.29, 1.82) is 0 Å². The van der Waals surface area contributed by atoms with Gasteiger partial charge in [0.2, 0.25) is 5.91 Å². The highest BCUT2D eigenvalue weighted by Crippen LogP contribution is 2.27. The third-order valence-corrected chi connectivity index (χ3v) is 4.07. The van der Waals surface area contributed by atoms with Crippen molar-refractivity contribution < 1.29 is 4.79 Å². The second kappa shape index (κ2) is 5.83. The first-order valence-corrected chi connectivity index (χ1v) is 7.36. The van der Waals surface area contributed by atoms with Gasteiger partial charge in [0, 0.05) is 24.8 Å². The van der Waals surface area contributed by atoms with E-state index in [1.807, 2.05) is 13.8 Å². The smallest absolute Gasteiger partial charge is 0.245 e. The molecule has 110 valence electrons. The van der Waals surface area contributed by atoms with Gasteiger partial charge in [-0.15, -0.1) is 0 Å². The zero-order valence-corrected chi connectivity index (χ0v) is 12.9. The van der Waals surface area contributed by atoms with E-state index in [4.69, 9.17) is 0 Å². The van der Waals surface area contributed by atoms with Gasteiger partial charge in [0.25, 0.3) is 0 Å². The van der Waals surface area contributed by atoms with Crippen molar-refractivity contribution in [3.8, 4) is 0 Å². The zero-order valence-electron chi connectivity index (χ0n) is 12.9. The van der Waals surface area contributed by atoms with Crippen molar-refractivity contribution in [1.82, 2.24) is 10.6 Å². The molecule has 1 aliphatic heterocycles. The lowest BCUT2D eigenvalue weighted by Gasteiger charge is -2.43. The molecule has 2 rings (SSSR count). The van der Waals surface area contributed by atoms with Crippen LogP contribution in [0.5, 0.6) is 0 Å². The number of benzene rings is 1. The van der Waals surface area contributed by atoms with Crippen molar-refractivity contribution >= 4 is 11.6 Å². The van der Waals surface area contributed by atoms with Crippen LogP contribution in [0.1, 0.15) is 39.3 Å². The van der Waals surface area contributed by atoms with E-state index >= 15 is 0 Å². The Morgan fingerprint density at radius 3 is 2.60 bits per heavy atom. The van der Waals surface area contributed by atoms with Gasteiger partial charge in [-0.3, -0.25) is 4.79 Å². The van der Waals surface area contributed by atoms with E-state index in [-0.39, 0.29) is 5.91 Å². The number of carbonyl (C=O) groups is 1. The molecule has 2 N–H and O–H groups in total. The average Bonchev–Trinajstić information content (AvgIpc) is 2.42. The van der Waals surface area contributed by atoms with Gasteiger partial charge in [0.15, 0.2) is 0 Å². The highest BCUT2D eigenvalue weighted by molar-refractivity contribution is 5.90. The Morgan fingerprint density at radius 1 is 1.35 bits per heavy atom. The predicted molar refractivity (Wildman–Crippen MR) is 83.0 cm³/mol. The topological polar surface area (TPSA) is 44.4 Å². The summed E-state index contributed by atoms with van der Waals surface area (Å²) in [6, 6.07) is 8.87. The fourth-order valence-electron chi connectivity index (χ4n) is 2.72. The molecule has 0 aromatic heterocycles. The van der Waals surface area contributed by atoms with Crippen LogP contribution in [0.3, 0.4) is 0 Å². The minimum absolute atomic E-state index is 0.0915. The molecule has 1 aromatic rings. The average molecular weight is 275 g/mol. The second-order valence-corrected chi connectivity index (χ2v) is 5.84. The highest BCUT2D eigenvalue weighted by atomic mass is 16.2. The maximum atomic E-state index is 12.0. The lowest BCUT2D eigenvalue weighted by molar-refractivity contribution is -0.126. The van der Waals surface area contributed by atoms with Crippen molar-refractivity contribution in [2.24, 2.45) is 0 Å². The number of nitrogens with zero attached hydrogens (tertiary/aromatic N) is 1. The molecule has 1 amide bonds. The van der Waals surface area contributed by atoms with Crippen molar-refractivity contribution in [2.75, 3.05) is 24.5 Å². The molecule has 1 atom stereocenters. The van der Waals surface area contributed by atoms with Crippen LogP contribution in [0.2, 0.25) is 0 Å². The number of rotatable bonds is 4. The number of piperazine rings is 1. The SMILES string of the molecule is CCNC(C)c1ccc(N2CCNC(=O)C2(C)C)cc1. The Morgan fingerprint density at radius 2 is 2.00 bits per heavy atom. The largest absolute Gasteiger partial charge is 0.356 e. The number of hydrogen-bond acceptors (Lipinski definition) is 3. The molecule has 1 aliphatic rings. The Kier molecular flexibility index (Phi) is 4.33. The van der Waals surface area contributed by atoms with Crippen LogP contribution in [-0.2, 0) is 4.79 Å². The first kappa shape index (κ1) is 14.9. The van der Waals surface area contributed by atoms with Crippen molar-refractivity contribution in [3.63, 3.8) is 0 Å². The number of hydrogen-bond donors (Lipinski definition) is 2. The van der Waals surface area contributed by atoms with Gasteiger partial charge >= 0.3 is 0 Å². The molecule has 1 aromatic carbocycles. The minimum atomic E-state index is -0.493. The summed E-state index contributed by atoms with van der Waals surface area (Å²) < 4.78 is 0. The van der Waals surface area contributed by atoms with Crippen LogP contribution in [0.4, 0.5) is 5.69 Å². The first-order valence-electron chi connectivity index (χ1n) is 7.36. The maximum absolute atomic E-state index is 12.0. The Labute approximate surface area is 121 Å². The van der Waals surface area contributed by atoms with Crippen LogP contribution in [0, 0.1) is 0 Å². The molecular formula is C16H25N3O. The van der Waals surface area contributed by atoms with E-state index in [0.717, 1.165) is 18.8 Å². The number of carbonyl (C=O) groups excluding carboxylic acids is 1. The van der Waals surface area contributed by atoms with Crippen LogP contribution in [0.15, 0.2) is 24.3 Å². The molecule has 1 unspecified atom stereocenters. The first-order chi connectivity index (χ1) is 9.46. The Balaban J connectivity index is 2.19. The van der Waals surface area contributed by atoms with E-state index in [2.05, 4.69) is 53.6 Å². The summed E-state index contributed by atoms with van der Waals surface area (Å²) in [6.45, 7) is 10.7. The number of anilines is 1.